The predicted molar refractivity (Wildman–Crippen MR) is 101 cm³/mol. The molecule has 1 fully saturated rings. The molecule has 27 heavy (non-hydrogen) atoms. The topological polar surface area (TPSA) is 91.8 Å². The summed E-state index contributed by atoms with van der Waals surface area (Å²) in [5, 5.41) is 9.60. The number of carboxylic acids is 1. The molecule has 2 atom stereocenters. The van der Waals surface area contributed by atoms with E-state index in [0.29, 0.717) is 5.56 Å². The van der Waals surface area contributed by atoms with Gasteiger partial charge in [0.25, 0.3) is 5.91 Å². The van der Waals surface area contributed by atoms with Crippen LogP contribution in [0.1, 0.15) is 27.4 Å². The molecule has 0 spiro atoms. The van der Waals surface area contributed by atoms with Crippen LogP contribution < -0.4 is 0 Å². The number of rotatable bonds is 4. The number of carboxylic acid groups (broad SMARTS) is 1. The summed E-state index contributed by atoms with van der Waals surface area (Å²) < 4.78 is 23.6. The summed E-state index contributed by atoms with van der Waals surface area (Å²) in [5.41, 5.74) is 1.82. The van der Waals surface area contributed by atoms with Crippen LogP contribution in [0.2, 0.25) is 0 Å². The summed E-state index contributed by atoms with van der Waals surface area (Å²) in [6.45, 7) is 2.11. The van der Waals surface area contributed by atoms with Crippen LogP contribution in [0.3, 0.4) is 0 Å². The molecule has 1 amide bonds. The van der Waals surface area contributed by atoms with Gasteiger partial charge in [-0.2, -0.15) is 0 Å². The Kier molecular flexibility index (Phi) is 5.06. The number of nitrogens with zero attached hydrogens (tertiary/aromatic N) is 1. The summed E-state index contributed by atoms with van der Waals surface area (Å²) in [4.78, 5) is 26.3. The Morgan fingerprint density at radius 2 is 1.74 bits per heavy atom. The zero-order chi connectivity index (χ0) is 19.8. The first-order valence-corrected chi connectivity index (χ1v) is 10.5. The highest BCUT2D eigenvalue weighted by molar-refractivity contribution is 7.90. The molecule has 1 saturated heterocycles. The third-order valence-corrected chi connectivity index (χ3v) is 6.13. The lowest BCUT2D eigenvalue weighted by atomic mass is 9.89. The number of benzene rings is 2. The van der Waals surface area contributed by atoms with Gasteiger partial charge in [-0.25, -0.2) is 8.42 Å². The van der Waals surface area contributed by atoms with Crippen molar-refractivity contribution in [2.75, 3.05) is 19.3 Å². The van der Waals surface area contributed by atoms with Crippen LogP contribution in [0.15, 0.2) is 53.4 Å². The van der Waals surface area contributed by atoms with Gasteiger partial charge >= 0.3 is 5.97 Å². The minimum Gasteiger partial charge on any atom is -0.481 e. The summed E-state index contributed by atoms with van der Waals surface area (Å²) in [6, 6.07) is 13.7. The number of hydrogen-bond donors (Lipinski definition) is 1. The van der Waals surface area contributed by atoms with Crippen LogP contribution in [0, 0.1) is 12.8 Å². The van der Waals surface area contributed by atoms with E-state index in [4.69, 9.17) is 0 Å². The molecule has 0 aromatic heterocycles. The van der Waals surface area contributed by atoms with E-state index in [1.807, 2.05) is 30.3 Å². The molecular weight excluding hydrogens is 366 g/mol. The molecule has 7 heteroatoms. The average Bonchev–Trinajstić information content (AvgIpc) is 3.07. The van der Waals surface area contributed by atoms with E-state index < -0.39 is 21.7 Å². The highest BCUT2D eigenvalue weighted by Gasteiger charge is 2.40. The van der Waals surface area contributed by atoms with Crippen molar-refractivity contribution in [1.82, 2.24) is 4.90 Å². The van der Waals surface area contributed by atoms with Crippen molar-refractivity contribution in [3.05, 3.63) is 65.2 Å². The molecule has 0 radical (unpaired) electrons. The number of amides is 1. The van der Waals surface area contributed by atoms with Gasteiger partial charge in [0.2, 0.25) is 0 Å². The average molecular weight is 387 g/mol. The molecule has 2 aromatic carbocycles. The van der Waals surface area contributed by atoms with Gasteiger partial charge in [0, 0.05) is 30.8 Å². The fourth-order valence-electron chi connectivity index (χ4n) is 3.49. The van der Waals surface area contributed by atoms with Crippen molar-refractivity contribution < 1.29 is 23.1 Å². The standard InChI is InChI=1S/C20H21NO5S/c1-13-8-9-15(27(2,25)26)10-16(13)19(22)21-11-17(18(12-21)20(23)24)14-6-4-3-5-7-14/h3-10,17-18H,11-12H2,1-2H3,(H,23,24)/t17-,18-/m0/s1. The summed E-state index contributed by atoms with van der Waals surface area (Å²) in [5.74, 6) is -2.29. The summed E-state index contributed by atoms with van der Waals surface area (Å²) >= 11 is 0. The van der Waals surface area contributed by atoms with Crippen molar-refractivity contribution in [3.63, 3.8) is 0 Å². The van der Waals surface area contributed by atoms with Gasteiger partial charge in [0.05, 0.1) is 10.8 Å². The van der Waals surface area contributed by atoms with E-state index in [-0.39, 0.29) is 35.4 Å². The van der Waals surface area contributed by atoms with Crippen LogP contribution in [-0.2, 0) is 14.6 Å². The Hall–Kier alpha value is -2.67. The Bertz CT molecular complexity index is 985. The number of aliphatic carboxylic acids is 1. The van der Waals surface area contributed by atoms with E-state index in [2.05, 4.69) is 0 Å². The summed E-state index contributed by atoms with van der Waals surface area (Å²) in [6.07, 6.45) is 1.09. The monoisotopic (exact) mass is 387 g/mol. The Morgan fingerprint density at radius 3 is 2.33 bits per heavy atom. The molecule has 1 aliphatic heterocycles. The lowest BCUT2D eigenvalue weighted by Gasteiger charge is -2.18. The molecule has 6 nitrogen and oxygen atoms in total. The van der Waals surface area contributed by atoms with Crippen molar-refractivity contribution in [2.45, 2.75) is 17.7 Å². The molecule has 0 saturated carbocycles. The number of likely N-dealkylation sites (tertiary alicyclic amines) is 1. The molecule has 1 aliphatic rings. The maximum absolute atomic E-state index is 13.0. The number of hydrogen-bond acceptors (Lipinski definition) is 4. The van der Waals surface area contributed by atoms with Crippen LogP contribution in [0.4, 0.5) is 0 Å². The molecule has 0 bridgehead atoms. The SMILES string of the molecule is Cc1ccc(S(C)(=O)=O)cc1C(=O)N1C[C@H](C(=O)O)[C@H](c2ccccc2)C1. The Labute approximate surface area is 158 Å². The van der Waals surface area contributed by atoms with E-state index in [1.54, 1.807) is 13.0 Å². The number of aryl methyl sites for hydroxylation is 1. The molecule has 142 valence electrons. The van der Waals surface area contributed by atoms with Crippen molar-refractivity contribution in [3.8, 4) is 0 Å². The zero-order valence-electron chi connectivity index (χ0n) is 15.1. The quantitative estimate of drug-likeness (QED) is 0.869. The van der Waals surface area contributed by atoms with Crippen LogP contribution in [0.25, 0.3) is 0 Å². The van der Waals surface area contributed by atoms with E-state index >= 15 is 0 Å². The smallest absolute Gasteiger partial charge is 0.308 e. The molecule has 2 aromatic rings. The fraction of sp³-hybridized carbons (Fsp3) is 0.300. The maximum Gasteiger partial charge on any atom is 0.308 e. The van der Waals surface area contributed by atoms with Gasteiger partial charge in [-0.3, -0.25) is 9.59 Å². The van der Waals surface area contributed by atoms with E-state index in [0.717, 1.165) is 11.8 Å². The molecule has 1 heterocycles. The van der Waals surface area contributed by atoms with Gasteiger partial charge in [-0.15, -0.1) is 0 Å². The minimum absolute atomic E-state index is 0.0741. The van der Waals surface area contributed by atoms with Crippen LogP contribution >= 0.6 is 0 Å². The molecule has 0 unspecified atom stereocenters. The minimum atomic E-state index is -3.44. The highest BCUT2D eigenvalue weighted by Crippen LogP contribution is 2.34. The lowest BCUT2D eigenvalue weighted by molar-refractivity contribution is -0.141. The first-order valence-electron chi connectivity index (χ1n) is 8.56. The number of carbonyl (C=O) groups excluding carboxylic acids is 1. The van der Waals surface area contributed by atoms with Crippen molar-refractivity contribution >= 4 is 21.7 Å². The normalized spacial score (nSPS) is 19.9. The second kappa shape index (κ2) is 7.15. The highest BCUT2D eigenvalue weighted by atomic mass is 32.2. The Morgan fingerprint density at radius 1 is 1.07 bits per heavy atom. The van der Waals surface area contributed by atoms with Crippen LogP contribution in [-0.4, -0.2) is 49.6 Å². The van der Waals surface area contributed by atoms with Gasteiger partial charge in [-0.1, -0.05) is 36.4 Å². The zero-order valence-corrected chi connectivity index (χ0v) is 15.9. The molecule has 3 rings (SSSR count). The first kappa shape index (κ1) is 19.1. The van der Waals surface area contributed by atoms with E-state index in [1.165, 1.54) is 17.0 Å². The number of sulfone groups is 1. The number of carbonyl (C=O) groups is 2. The predicted octanol–water partition coefficient (Wildman–Crippen LogP) is 2.34. The third-order valence-electron chi connectivity index (χ3n) is 5.02. The largest absolute Gasteiger partial charge is 0.481 e. The van der Waals surface area contributed by atoms with Crippen molar-refractivity contribution in [2.24, 2.45) is 5.92 Å². The first-order chi connectivity index (χ1) is 12.7. The fourth-order valence-corrected chi connectivity index (χ4v) is 4.14. The molecular formula is C20H21NO5S. The third kappa shape index (κ3) is 3.88. The second-order valence-electron chi connectivity index (χ2n) is 6.92. The van der Waals surface area contributed by atoms with Crippen LogP contribution in [0.5, 0.6) is 0 Å². The van der Waals surface area contributed by atoms with E-state index in [9.17, 15) is 23.1 Å². The van der Waals surface area contributed by atoms with Gasteiger partial charge in [0.1, 0.15) is 0 Å². The maximum atomic E-state index is 13.0. The summed E-state index contributed by atoms with van der Waals surface area (Å²) in [7, 11) is -3.44. The van der Waals surface area contributed by atoms with Gasteiger partial charge in [0.15, 0.2) is 9.84 Å². The second-order valence-corrected chi connectivity index (χ2v) is 8.94. The molecule has 1 N–H and O–H groups in total. The van der Waals surface area contributed by atoms with Gasteiger partial charge < -0.3 is 10.0 Å². The van der Waals surface area contributed by atoms with Crippen molar-refractivity contribution in [1.29, 1.82) is 0 Å². The molecule has 0 aliphatic carbocycles. The lowest BCUT2D eigenvalue weighted by Crippen LogP contribution is -2.30. The Balaban J connectivity index is 1.93. The van der Waals surface area contributed by atoms with Gasteiger partial charge in [-0.05, 0) is 30.2 Å².